The standard InChI is InChI=1S/C12H12BrNO2/c1-7-3-9(13)4-8(2)12(7)14-6-10(15)5-11(14)16/h3-4H,5-6H2,1-2H3. The van der Waals surface area contributed by atoms with E-state index in [2.05, 4.69) is 15.9 Å². The molecule has 0 aliphatic carbocycles. The fraction of sp³-hybridized carbons (Fsp3) is 0.333. The number of anilines is 1. The van der Waals surface area contributed by atoms with Crippen LogP contribution in [-0.2, 0) is 9.59 Å². The number of carbonyl (C=O) groups excluding carboxylic acids is 2. The first kappa shape index (κ1) is 11.3. The van der Waals surface area contributed by atoms with Gasteiger partial charge < -0.3 is 4.90 Å². The number of halogens is 1. The Morgan fingerprint density at radius 3 is 2.19 bits per heavy atom. The molecule has 0 N–H and O–H groups in total. The summed E-state index contributed by atoms with van der Waals surface area (Å²) in [6.45, 7) is 4.11. The minimum atomic E-state index is -0.0986. The summed E-state index contributed by atoms with van der Waals surface area (Å²) >= 11 is 3.41. The lowest BCUT2D eigenvalue weighted by atomic mass is 10.1. The van der Waals surface area contributed by atoms with Gasteiger partial charge in [0.1, 0.15) is 0 Å². The van der Waals surface area contributed by atoms with E-state index in [0.29, 0.717) is 0 Å². The molecule has 0 unspecified atom stereocenters. The Morgan fingerprint density at radius 2 is 1.75 bits per heavy atom. The van der Waals surface area contributed by atoms with Crippen molar-refractivity contribution in [3.63, 3.8) is 0 Å². The summed E-state index contributed by atoms with van der Waals surface area (Å²) in [7, 11) is 0. The third-order valence-electron chi connectivity index (χ3n) is 2.71. The zero-order chi connectivity index (χ0) is 11.9. The fourth-order valence-corrected chi connectivity index (χ4v) is 2.80. The quantitative estimate of drug-likeness (QED) is 0.742. The van der Waals surface area contributed by atoms with Gasteiger partial charge in [0.15, 0.2) is 5.78 Å². The van der Waals surface area contributed by atoms with Crippen molar-refractivity contribution in [1.29, 1.82) is 0 Å². The molecule has 1 aliphatic heterocycles. The molecule has 1 fully saturated rings. The van der Waals surface area contributed by atoms with E-state index in [0.717, 1.165) is 21.3 Å². The molecule has 0 radical (unpaired) electrons. The first-order valence-electron chi connectivity index (χ1n) is 5.08. The Balaban J connectivity index is 2.48. The van der Waals surface area contributed by atoms with Crippen LogP contribution in [0, 0.1) is 13.8 Å². The zero-order valence-electron chi connectivity index (χ0n) is 9.21. The smallest absolute Gasteiger partial charge is 0.234 e. The van der Waals surface area contributed by atoms with Crippen LogP contribution in [0.4, 0.5) is 5.69 Å². The molecule has 4 heteroatoms. The van der Waals surface area contributed by atoms with Gasteiger partial charge in [0.05, 0.1) is 18.7 Å². The zero-order valence-corrected chi connectivity index (χ0v) is 10.8. The summed E-state index contributed by atoms with van der Waals surface area (Å²) in [5, 5.41) is 0. The van der Waals surface area contributed by atoms with Crippen molar-refractivity contribution in [3.05, 3.63) is 27.7 Å². The SMILES string of the molecule is Cc1cc(Br)cc(C)c1N1CC(=O)CC1=O. The van der Waals surface area contributed by atoms with Gasteiger partial charge in [-0.3, -0.25) is 9.59 Å². The van der Waals surface area contributed by atoms with Gasteiger partial charge in [-0.25, -0.2) is 0 Å². The van der Waals surface area contributed by atoms with Crippen molar-refractivity contribution < 1.29 is 9.59 Å². The molecule has 1 heterocycles. The maximum absolute atomic E-state index is 11.7. The lowest BCUT2D eigenvalue weighted by Crippen LogP contribution is -2.26. The van der Waals surface area contributed by atoms with Gasteiger partial charge in [-0.1, -0.05) is 15.9 Å². The molecule has 16 heavy (non-hydrogen) atoms. The van der Waals surface area contributed by atoms with Gasteiger partial charge >= 0.3 is 0 Å². The average Bonchev–Trinajstić information content (AvgIpc) is 2.43. The summed E-state index contributed by atoms with van der Waals surface area (Å²) in [5.41, 5.74) is 2.89. The number of benzene rings is 1. The molecule has 0 spiro atoms. The second-order valence-corrected chi connectivity index (χ2v) is 5.00. The minimum Gasteiger partial charge on any atom is -0.304 e. The number of amides is 1. The topological polar surface area (TPSA) is 37.4 Å². The summed E-state index contributed by atoms with van der Waals surface area (Å²) in [6, 6.07) is 3.91. The first-order chi connectivity index (χ1) is 7.49. The van der Waals surface area contributed by atoms with E-state index in [1.165, 1.54) is 0 Å². The summed E-state index contributed by atoms with van der Waals surface area (Å²) < 4.78 is 0.990. The van der Waals surface area contributed by atoms with Crippen LogP contribution in [0.3, 0.4) is 0 Å². The molecule has 1 amide bonds. The predicted octanol–water partition coefficient (Wildman–Crippen LogP) is 2.37. The Bertz CT molecular complexity index is 459. The number of hydrogen-bond donors (Lipinski definition) is 0. The first-order valence-corrected chi connectivity index (χ1v) is 5.87. The van der Waals surface area contributed by atoms with Crippen LogP contribution in [-0.4, -0.2) is 18.2 Å². The third-order valence-corrected chi connectivity index (χ3v) is 3.17. The van der Waals surface area contributed by atoms with E-state index < -0.39 is 0 Å². The van der Waals surface area contributed by atoms with Crippen LogP contribution < -0.4 is 4.90 Å². The van der Waals surface area contributed by atoms with Gasteiger partial charge in [-0.2, -0.15) is 0 Å². The maximum Gasteiger partial charge on any atom is 0.234 e. The average molecular weight is 282 g/mol. The summed E-state index contributed by atoms with van der Waals surface area (Å²) in [5.74, 6) is -0.106. The van der Waals surface area contributed by atoms with Crippen LogP contribution in [0.1, 0.15) is 17.5 Å². The highest BCUT2D eigenvalue weighted by atomic mass is 79.9. The number of nitrogens with zero attached hydrogens (tertiary/aromatic N) is 1. The molecule has 0 aromatic heterocycles. The Labute approximate surface area is 103 Å². The van der Waals surface area contributed by atoms with Crippen molar-refractivity contribution in [2.24, 2.45) is 0 Å². The largest absolute Gasteiger partial charge is 0.304 e. The van der Waals surface area contributed by atoms with E-state index in [1.54, 1.807) is 4.90 Å². The molecule has 1 aromatic carbocycles. The lowest BCUT2D eigenvalue weighted by Gasteiger charge is -2.20. The molecule has 1 aliphatic rings. The van der Waals surface area contributed by atoms with E-state index in [4.69, 9.17) is 0 Å². The fourth-order valence-electron chi connectivity index (χ4n) is 2.12. The summed E-state index contributed by atoms with van der Waals surface area (Å²) in [4.78, 5) is 24.5. The monoisotopic (exact) mass is 281 g/mol. The normalized spacial score (nSPS) is 16.1. The molecule has 0 saturated carbocycles. The molecular weight excluding hydrogens is 270 g/mol. The Hall–Kier alpha value is -1.16. The van der Waals surface area contributed by atoms with Crippen molar-refractivity contribution >= 4 is 33.3 Å². The second kappa shape index (κ2) is 4.01. The van der Waals surface area contributed by atoms with E-state index in [1.807, 2.05) is 26.0 Å². The van der Waals surface area contributed by atoms with Crippen LogP contribution in [0.2, 0.25) is 0 Å². The van der Waals surface area contributed by atoms with Crippen LogP contribution in [0.15, 0.2) is 16.6 Å². The molecule has 3 nitrogen and oxygen atoms in total. The number of Topliss-reactive ketones (excluding diaryl/α,β-unsaturated/α-hetero) is 1. The van der Waals surface area contributed by atoms with Gasteiger partial charge in [-0.05, 0) is 37.1 Å². The van der Waals surface area contributed by atoms with Crippen molar-refractivity contribution in [3.8, 4) is 0 Å². The molecule has 2 rings (SSSR count). The van der Waals surface area contributed by atoms with Gasteiger partial charge in [0.25, 0.3) is 0 Å². The molecular formula is C12H12BrNO2. The molecule has 84 valence electrons. The van der Waals surface area contributed by atoms with Crippen molar-refractivity contribution in [2.75, 3.05) is 11.4 Å². The maximum atomic E-state index is 11.7. The lowest BCUT2D eigenvalue weighted by molar-refractivity contribution is -0.121. The molecule has 1 aromatic rings. The highest BCUT2D eigenvalue weighted by Crippen LogP contribution is 2.30. The van der Waals surface area contributed by atoms with Gasteiger partial charge in [0, 0.05) is 4.47 Å². The van der Waals surface area contributed by atoms with Crippen LogP contribution >= 0.6 is 15.9 Å². The number of aryl methyl sites for hydroxylation is 2. The van der Waals surface area contributed by atoms with E-state index in [9.17, 15) is 9.59 Å². The second-order valence-electron chi connectivity index (χ2n) is 4.08. The molecule has 0 bridgehead atoms. The van der Waals surface area contributed by atoms with Crippen molar-refractivity contribution in [2.45, 2.75) is 20.3 Å². The number of hydrogen-bond acceptors (Lipinski definition) is 2. The number of ketones is 1. The van der Waals surface area contributed by atoms with Crippen LogP contribution in [0.5, 0.6) is 0 Å². The predicted molar refractivity (Wildman–Crippen MR) is 65.6 cm³/mol. The minimum absolute atomic E-state index is 0.00767. The Kier molecular flexibility index (Phi) is 2.84. The highest BCUT2D eigenvalue weighted by molar-refractivity contribution is 9.10. The van der Waals surface area contributed by atoms with Crippen LogP contribution in [0.25, 0.3) is 0 Å². The van der Waals surface area contributed by atoms with Gasteiger partial charge in [-0.15, -0.1) is 0 Å². The Morgan fingerprint density at radius 1 is 1.19 bits per heavy atom. The summed E-state index contributed by atoms with van der Waals surface area (Å²) in [6.07, 6.45) is 0.0367. The van der Waals surface area contributed by atoms with E-state index >= 15 is 0 Å². The number of carbonyl (C=O) groups is 2. The van der Waals surface area contributed by atoms with E-state index in [-0.39, 0.29) is 24.7 Å². The van der Waals surface area contributed by atoms with Gasteiger partial charge in [0.2, 0.25) is 5.91 Å². The van der Waals surface area contributed by atoms with Crippen molar-refractivity contribution in [1.82, 2.24) is 0 Å². The highest BCUT2D eigenvalue weighted by Gasteiger charge is 2.30. The third kappa shape index (κ3) is 1.89. The number of rotatable bonds is 1. The molecule has 1 saturated heterocycles. The molecule has 0 atom stereocenters.